The molecule has 0 aromatic carbocycles. The lowest BCUT2D eigenvalue weighted by molar-refractivity contribution is -0.157. The smallest absolute Gasteiger partial charge is 0.314 e. The number of carbonyl (C=O) groups excluding carboxylic acids is 1. The molecule has 1 saturated heterocycles. The van der Waals surface area contributed by atoms with Crippen molar-refractivity contribution >= 4 is 5.97 Å². The Morgan fingerprint density at radius 1 is 1.64 bits per heavy atom. The Bertz CT molecular complexity index is 239. The molecule has 2 fully saturated rings. The maximum atomic E-state index is 11.9. The molecule has 2 rings (SSSR count). The average molecular weight is 198 g/mol. The summed E-state index contributed by atoms with van der Waals surface area (Å²) in [4.78, 5) is 11.9. The Kier molecular flexibility index (Phi) is 2.52. The molecule has 3 nitrogen and oxygen atoms in total. The van der Waals surface area contributed by atoms with Crippen LogP contribution in [0.25, 0.3) is 0 Å². The molecular formula is C11H18O3. The SMILES string of the molecule is CCOC(=O)[C@@]12CCC[C@@H]1O[C@H](C)C2. The second-order valence-electron chi connectivity index (χ2n) is 4.41. The fraction of sp³-hybridized carbons (Fsp3) is 0.909. The quantitative estimate of drug-likeness (QED) is 0.636. The van der Waals surface area contributed by atoms with Crippen molar-refractivity contribution in [1.82, 2.24) is 0 Å². The molecule has 80 valence electrons. The Hall–Kier alpha value is -0.570. The van der Waals surface area contributed by atoms with Crippen molar-refractivity contribution in [2.24, 2.45) is 5.41 Å². The molecule has 3 heteroatoms. The van der Waals surface area contributed by atoms with Crippen LogP contribution < -0.4 is 0 Å². The standard InChI is InChI=1S/C11H18O3/c1-3-13-10(12)11-6-4-5-9(11)14-8(2)7-11/h8-9H,3-7H2,1-2H3/t8-,9+,11-/m1/s1. The van der Waals surface area contributed by atoms with Gasteiger partial charge in [0.15, 0.2) is 0 Å². The van der Waals surface area contributed by atoms with Crippen LogP contribution in [0.15, 0.2) is 0 Å². The van der Waals surface area contributed by atoms with Crippen LogP contribution in [0.2, 0.25) is 0 Å². The molecule has 0 aromatic heterocycles. The average Bonchev–Trinajstić information content (AvgIpc) is 2.61. The number of esters is 1. The van der Waals surface area contributed by atoms with Crippen LogP contribution in [-0.4, -0.2) is 24.8 Å². The first kappa shape index (κ1) is 9.97. The second-order valence-corrected chi connectivity index (χ2v) is 4.41. The topological polar surface area (TPSA) is 35.5 Å². The predicted octanol–water partition coefficient (Wildman–Crippen LogP) is 1.90. The molecule has 0 amide bonds. The van der Waals surface area contributed by atoms with E-state index in [4.69, 9.17) is 9.47 Å². The third-order valence-electron chi connectivity index (χ3n) is 3.44. The van der Waals surface area contributed by atoms with Crippen molar-refractivity contribution in [3.63, 3.8) is 0 Å². The van der Waals surface area contributed by atoms with E-state index in [0.29, 0.717) is 6.61 Å². The number of carbonyl (C=O) groups is 1. The van der Waals surface area contributed by atoms with E-state index in [2.05, 4.69) is 0 Å². The lowest BCUT2D eigenvalue weighted by Gasteiger charge is -2.24. The molecule has 1 saturated carbocycles. The van der Waals surface area contributed by atoms with Crippen molar-refractivity contribution in [2.45, 2.75) is 51.7 Å². The lowest BCUT2D eigenvalue weighted by atomic mass is 9.81. The number of rotatable bonds is 2. The first-order valence-electron chi connectivity index (χ1n) is 5.52. The summed E-state index contributed by atoms with van der Waals surface area (Å²) in [6, 6.07) is 0. The summed E-state index contributed by atoms with van der Waals surface area (Å²) >= 11 is 0. The predicted molar refractivity (Wildman–Crippen MR) is 51.9 cm³/mol. The first-order valence-corrected chi connectivity index (χ1v) is 5.52. The highest BCUT2D eigenvalue weighted by Gasteiger charge is 2.56. The third kappa shape index (κ3) is 1.34. The molecule has 1 heterocycles. The van der Waals surface area contributed by atoms with Gasteiger partial charge < -0.3 is 9.47 Å². The van der Waals surface area contributed by atoms with Crippen LogP contribution in [0.5, 0.6) is 0 Å². The number of fused-ring (bicyclic) bond motifs is 1. The zero-order valence-corrected chi connectivity index (χ0v) is 8.91. The molecule has 1 aliphatic carbocycles. The minimum Gasteiger partial charge on any atom is -0.465 e. The van der Waals surface area contributed by atoms with Gasteiger partial charge in [-0.2, -0.15) is 0 Å². The Morgan fingerprint density at radius 2 is 2.43 bits per heavy atom. The summed E-state index contributed by atoms with van der Waals surface area (Å²) < 4.78 is 10.9. The molecule has 0 N–H and O–H groups in total. The van der Waals surface area contributed by atoms with E-state index >= 15 is 0 Å². The zero-order chi connectivity index (χ0) is 10.2. The van der Waals surface area contributed by atoms with E-state index in [1.54, 1.807) is 0 Å². The van der Waals surface area contributed by atoms with Gasteiger partial charge in [-0.25, -0.2) is 0 Å². The van der Waals surface area contributed by atoms with Crippen molar-refractivity contribution in [1.29, 1.82) is 0 Å². The van der Waals surface area contributed by atoms with Crippen LogP contribution in [0.3, 0.4) is 0 Å². The highest BCUT2D eigenvalue weighted by Crippen LogP contribution is 2.50. The van der Waals surface area contributed by atoms with Gasteiger partial charge in [0.2, 0.25) is 0 Å². The van der Waals surface area contributed by atoms with Gasteiger partial charge in [0.05, 0.1) is 24.2 Å². The minimum atomic E-state index is -0.296. The van der Waals surface area contributed by atoms with Gasteiger partial charge in [0, 0.05) is 0 Å². The van der Waals surface area contributed by atoms with Crippen LogP contribution in [0.1, 0.15) is 39.5 Å². The van der Waals surface area contributed by atoms with Gasteiger partial charge in [-0.1, -0.05) is 0 Å². The van der Waals surface area contributed by atoms with Gasteiger partial charge in [-0.15, -0.1) is 0 Å². The first-order chi connectivity index (χ1) is 6.69. The molecule has 2 aliphatic rings. The molecular weight excluding hydrogens is 180 g/mol. The molecule has 0 radical (unpaired) electrons. The normalized spacial score (nSPS) is 41.0. The second kappa shape index (κ2) is 3.54. The molecule has 14 heavy (non-hydrogen) atoms. The molecule has 0 bridgehead atoms. The van der Waals surface area contributed by atoms with E-state index in [1.807, 2.05) is 13.8 Å². The summed E-state index contributed by atoms with van der Waals surface area (Å²) in [5, 5.41) is 0. The molecule has 1 aliphatic heterocycles. The van der Waals surface area contributed by atoms with Gasteiger partial charge in [-0.3, -0.25) is 4.79 Å². The van der Waals surface area contributed by atoms with E-state index < -0.39 is 0 Å². The van der Waals surface area contributed by atoms with Crippen LogP contribution in [0.4, 0.5) is 0 Å². The largest absolute Gasteiger partial charge is 0.465 e. The monoisotopic (exact) mass is 198 g/mol. The maximum Gasteiger partial charge on any atom is 0.314 e. The highest BCUT2D eigenvalue weighted by molar-refractivity contribution is 5.78. The molecule has 0 aromatic rings. The number of hydrogen-bond acceptors (Lipinski definition) is 3. The van der Waals surface area contributed by atoms with E-state index in [-0.39, 0.29) is 23.6 Å². The fourth-order valence-electron chi connectivity index (χ4n) is 2.91. The Balaban J connectivity index is 2.15. The summed E-state index contributed by atoms with van der Waals surface area (Å²) in [7, 11) is 0. The Morgan fingerprint density at radius 3 is 3.14 bits per heavy atom. The van der Waals surface area contributed by atoms with Gasteiger partial charge in [-0.05, 0) is 39.5 Å². The minimum absolute atomic E-state index is 0.0353. The van der Waals surface area contributed by atoms with E-state index in [9.17, 15) is 4.79 Å². The third-order valence-corrected chi connectivity index (χ3v) is 3.44. The van der Waals surface area contributed by atoms with Gasteiger partial charge in [0.25, 0.3) is 0 Å². The highest BCUT2D eigenvalue weighted by atomic mass is 16.5. The summed E-state index contributed by atoms with van der Waals surface area (Å²) in [5.74, 6) is -0.0353. The zero-order valence-electron chi connectivity index (χ0n) is 8.91. The van der Waals surface area contributed by atoms with Crippen LogP contribution in [0, 0.1) is 5.41 Å². The van der Waals surface area contributed by atoms with Gasteiger partial charge in [0.1, 0.15) is 0 Å². The van der Waals surface area contributed by atoms with Gasteiger partial charge >= 0.3 is 5.97 Å². The Labute approximate surface area is 84.8 Å². The van der Waals surface area contributed by atoms with Crippen molar-refractivity contribution in [3.8, 4) is 0 Å². The molecule has 0 unspecified atom stereocenters. The van der Waals surface area contributed by atoms with E-state index in [0.717, 1.165) is 25.7 Å². The van der Waals surface area contributed by atoms with Crippen LogP contribution in [-0.2, 0) is 14.3 Å². The van der Waals surface area contributed by atoms with E-state index in [1.165, 1.54) is 0 Å². The van der Waals surface area contributed by atoms with Crippen molar-refractivity contribution in [3.05, 3.63) is 0 Å². The summed E-state index contributed by atoms with van der Waals surface area (Å²) in [6.07, 6.45) is 4.23. The van der Waals surface area contributed by atoms with Crippen molar-refractivity contribution in [2.75, 3.05) is 6.61 Å². The molecule has 3 atom stereocenters. The number of hydrogen-bond donors (Lipinski definition) is 0. The van der Waals surface area contributed by atoms with Crippen LogP contribution >= 0.6 is 0 Å². The maximum absolute atomic E-state index is 11.9. The lowest BCUT2D eigenvalue weighted by Crippen LogP contribution is -2.36. The summed E-state index contributed by atoms with van der Waals surface area (Å²) in [6.45, 7) is 4.37. The fourth-order valence-corrected chi connectivity index (χ4v) is 2.91. The number of ether oxygens (including phenoxy) is 2. The van der Waals surface area contributed by atoms with Crippen molar-refractivity contribution < 1.29 is 14.3 Å². The summed E-state index contributed by atoms with van der Waals surface area (Å²) in [5.41, 5.74) is -0.296. The molecule has 0 spiro atoms.